The first-order chi connectivity index (χ1) is 16.9. The van der Waals surface area contributed by atoms with Crippen molar-refractivity contribution in [2.24, 2.45) is 0 Å². The Bertz CT molecular complexity index is 1700. The van der Waals surface area contributed by atoms with E-state index in [9.17, 15) is 14.4 Å². The molecule has 0 N–H and O–H groups in total. The normalized spacial score (nSPS) is 11.0. The Morgan fingerprint density at radius 2 is 1.71 bits per heavy atom. The van der Waals surface area contributed by atoms with Gasteiger partial charge in [0.05, 0.1) is 17.7 Å². The van der Waals surface area contributed by atoms with Gasteiger partial charge in [-0.25, -0.2) is 14.4 Å². The van der Waals surface area contributed by atoms with Gasteiger partial charge >= 0.3 is 17.2 Å². The quantitative estimate of drug-likeness (QED) is 0.174. The van der Waals surface area contributed by atoms with Crippen LogP contribution in [0.25, 0.3) is 33.1 Å². The van der Waals surface area contributed by atoms with Crippen molar-refractivity contribution in [1.29, 1.82) is 0 Å². The first-order valence-electron chi connectivity index (χ1n) is 10.7. The van der Waals surface area contributed by atoms with Crippen molar-refractivity contribution in [1.82, 2.24) is 0 Å². The van der Waals surface area contributed by atoms with Crippen molar-refractivity contribution in [3.63, 3.8) is 0 Å². The number of benzene rings is 3. The Morgan fingerprint density at radius 1 is 0.914 bits per heavy atom. The van der Waals surface area contributed by atoms with Crippen molar-refractivity contribution >= 4 is 39.5 Å². The maximum Gasteiger partial charge on any atom is 0.344 e. The van der Waals surface area contributed by atoms with E-state index in [0.717, 1.165) is 0 Å². The van der Waals surface area contributed by atoms with Crippen LogP contribution in [0.3, 0.4) is 0 Å². The summed E-state index contributed by atoms with van der Waals surface area (Å²) in [6.45, 7) is 2.25. The number of carbonyl (C=O) groups is 1. The van der Waals surface area contributed by atoms with Crippen LogP contribution in [0.2, 0.25) is 5.02 Å². The summed E-state index contributed by atoms with van der Waals surface area (Å²) in [5.74, 6) is 0.0303. The largest absolute Gasteiger partial charge is 0.490 e. The summed E-state index contributed by atoms with van der Waals surface area (Å²) in [5, 5.41) is 1.61. The standard InChI is InChI=1S/C27H17ClO7/c1-2-32-22-5-3-4-16-12-21(27(31)35-25(16)22)20-14-24(29)34-23-13-18(10-11-19(20)23)33-26(30)15-6-8-17(28)9-7-15/h3-14H,2H2,1H3. The molecule has 35 heavy (non-hydrogen) atoms. The van der Waals surface area contributed by atoms with E-state index in [0.29, 0.717) is 44.9 Å². The van der Waals surface area contributed by atoms with Crippen molar-refractivity contribution in [2.75, 3.05) is 6.61 Å². The molecule has 174 valence electrons. The van der Waals surface area contributed by atoms with Gasteiger partial charge in [0.25, 0.3) is 0 Å². The van der Waals surface area contributed by atoms with Gasteiger partial charge in [0.15, 0.2) is 11.3 Å². The van der Waals surface area contributed by atoms with Crippen LogP contribution in [-0.2, 0) is 0 Å². The third-order valence-electron chi connectivity index (χ3n) is 5.32. The summed E-state index contributed by atoms with van der Waals surface area (Å²) in [5.41, 5.74) is 0.0124. The summed E-state index contributed by atoms with van der Waals surface area (Å²) in [6, 6.07) is 19.0. The van der Waals surface area contributed by atoms with Crippen LogP contribution in [0.1, 0.15) is 17.3 Å². The molecule has 0 radical (unpaired) electrons. The zero-order valence-corrected chi connectivity index (χ0v) is 19.1. The van der Waals surface area contributed by atoms with Crippen molar-refractivity contribution < 1.29 is 23.1 Å². The Hall–Kier alpha value is -4.36. The molecule has 0 atom stereocenters. The van der Waals surface area contributed by atoms with Crippen LogP contribution in [-0.4, -0.2) is 12.6 Å². The Balaban J connectivity index is 1.58. The Kier molecular flexibility index (Phi) is 5.84. The summed E-state index contributed by atoms with van der Waals surface area (Å²) < 4.78 is 21.8. The van der Waals surface area contributed by atoms with Gasteiger partial charge in [0, 0.05) is 33.5 Å². The lowest BCUT2D eigenvalue weighted by atomic mass is 10.0. The highest BCUT2D eigenvalue weighted by Crippen LogP contribution is 2.32. The van der Waals surface area contributed by atoms with Gasteiger partial charge in [-0.15, -0.1) is 0 Å². The highest BCUT2D eigenvalue weighted by molar-refractivity contribution is 6.30. The van der Waals surface area contributed by atoms with Crippen molar-refractivity contribution in [3.8, 4) is 22.6 Å². The Morgan fingerprint density at radius 3 is 2.49 bits per heavy atom. The smallest absolute Gasteiger partial charge is 0.344 e. The number of rotatable bonds is 5. The van der Waals surface area contributed by atoms with Gasteiger partial charge in [0.2, 0.25) is 0 Å². The predicted molar refractivity (Wildman–Crippen MR) is 132 cm³/mol. The summed E-state index contributed by atoms with van der Waals surface area (Å²) in [7, 11) is 0. The molecule has 0 fully saturated rings. The van der Waals surface area contributed by atoms with Crippen LogP contribution in [0.15, 0.2) is 91.2 Å². The molecule has 8 heteroatoms. The molecule has 2 aromatic heterocycles. The molecule has 3 aromatic carbocycles. The minimum Gasteiger partial charge on any atom is -0.490 e. The van der Waals surface area contributed by atoms with Gasteiger partial charge < -0.3 is 18.3 Å². The second kappa shape index (κ2) is 9.12. The number of halogens is 1. The minimum atomic E-state index is -0.670. The third kappa shape index (κ3) is 4.41. The average Bonchev–Trinajstić information content (AvgIpc) is 2.84. The minimum absolute atomic E-state index is 0.150. The highest BCUT2D eigenvalue weighted by atomic mass is 35.5. The van der Waals surface area contributed by atoms with E-state index in [1.165, 1.54) is 12.1 Å². The van der Waals surface area contributed by atoms with E-state index in [2.05, 4.69) is 0 Å². The second-order valence-electron chi connectivity index (χ2n) is 7.59. The first-order valence-corrected chi connectivity index (χ1v) is 11.1. The SMILES string of the molecule is CCOc1cccc2cc(-c3cc(=O)oc4cc(OC(=O)c5ccc(Cl)cc5)ccc34)c(=O)oc12. The van der Waals surface area contributed by atoms with E-state index in [-0.39, 0.29) is 16.9 Å². The van der Waals surface area contributed by atoms with E-state index >= 15 is 0 Å². The lowest BCUT2D eigenvalue weighted by Gasteiger charge is -2.09. The predicted octanol–water partition coefficient (Wildman–Crippen LogP) is 5.84. The highest BCUT2D eigenvalue weighted by Gasteiger charge is 2.17. The van der Waals surface area contributed by atoms with Gasteiger partial charge in [-0.3, -0.25) is 0 Å². The number of esters is 1. The van der Waals surface area contributed by atoms with E-state index < -0.39 is 17.2 Å². The van der Waals surface area contributed by atoms with E-state index in [1.54, 1.807) is 60.7 Å². The maximum absolute atomic E-state index is 12.9. The molecule has 0 spiro atoms. The fourth-order valence-corrected chi connectivity index (χ4v) is 3.88. The molecule has 2 heterocycles. The topological polar surface area (TPSA) is 96.0 Å². The van der Waals surface area contributed by atoms with E-state index in [4.69, 9.17) is 29.9 Å². The van der Waals surface area contributed by atoms with Crippen molar-refractivity contribution in [2.45, 2.75) is 6.92 Å². The van der Waals surface area contributed by atoms with Crippen LogP contribution >= 0.6 is 11.6 Å². The van der Waals surface area contributed by atoms with Gasteiger partial charge in [-0.2, -0.15) is 0 Å². The molecule has 0 aliphatic heterocycles. The van der Waals surface area contributed by atoms with Crippen LogP contribution < -0.4 is 20.7 Å². The lowest BCUT2D eigenvalue weighted by Crippen LogP contribution is -2.09. The maximum atomic E-state index is 12.9. The molecule has 0 unspecified atom stereocenters. The zero-order chi connectivity index (χ0) is 24.5. The molecular formula is C27H17ClO7. The molecule has 5 aromatic rings. The molecule has 0 saturated carbocycles. The molecule has 0 amide bonds. The molecule has 0 saturated heterocycles. The number of hydrogen-bond acceptors (Lipinski definition) is 7. The fraction of sp³-hybridized carbons (Fsp3) is 0.0741. The molecule has 7 nitrogen and oxygen atoms in total. The summed E-state index contributed by atoms with van der Waals surface area (Å²) >= 11 is 5.86. The summed E-state index contributed by atoms with van der Waals surface area (Å²) in [4.78, 5) is 37.7. The molecule has 0 bridgehead atoms. The number of ether oxygens (including phenoxy) is 2. The number of carbonyl (C=O) groups excluding carboxylic acids is 1. The van der Waals surface area contributed by atoms with Crippen LogP contribution in [0.5, 0.6) is 11.5 Å². The van der Waals surface area contributed by atoms with Crippen LogP contribution in [0, 0.1) is 0 Å². The second-order valence-corrected chi connectivity index (χ2v) is 8.02. The third-order valence-corrected chi connectivity index (χ3v) is 5.57. The molecular weight excluding hydrogens is 472 g/mol. The fourth-order valence-electron chi connectivity index (χ4n) is 3.76. The first kappa shape index (κ1) is 22.4. The zero-order valence-electron chi connectivity index (χ0n) is 18.4. The van der Waals surface area contributed by atoms with Gasteiger partial charge in [0.1, 0.15) is 11.3 Å². The van der Waals surface area contributed by atoms with Crippen molar-refractivity contribution in [3.05, 3.63) is 104 Å². The Labute approximate surface area is 203 Å². The summed E-state index contributed by atoms with van der Waals surface area (Å²) in [6.07, 6.45) is 0. The molecule has 0 aliphatic rings. The molecule has 0 aliphatic carbocycles. The number of fused-ring (bicyclic) bond motifs is 2. The van der Waals surface area contributed by atoms with Gasteiger partial charge in [-0.1, -0.05) is 23.7 Å². The van der Waals surface area contributed by atoms with Crippen LogP contribution in [0.4, 0.5) is 0 Å². The average molecular weight is 489 g/mol. The number of hydrogen-bond donors (Lipinski definition) is 0. The van der Waals surface area contributed by atoms with E-state index in [1.807, 2.05) is 6.92 Å². The molecule has 5 rings (SSSR count). The monoisotopic (exact) mass is 488 g/mol. The van der Waals surface area contributed by atoms with Gasteiger partial charge in [-0.05, 0) is 55.5 Å². The lowest BCUT2D eigenvalue weighted by molar-refractivity contribution is 0.0735. The number of para-hydroxylation sites is 1.